The Bertz CT molecular complexity index is 610. The molecule has 2 heterocycles. The van der Waals surface area contributed by atoms with Gasteiger partial charge in [-0.1, -0.05) is 12.1 Å². The van der Waals surface area contributed by atoms with Gasteiger partial charge in [-0.25, -0.2) is 0 Å². The van der Waals surface area contributed by atoms with Crippen molar-refractivity contribution >= 4 is 5.91 Å². The van der Waals surface area contributed by atoms with Crippen LogP contribution in [0.3, 0.4) is 0 Å². The Morgan fingerprint density at radius 1 is 1.17 bits per heavy atom. The zero-order valence-electron chi connectivity index (χ0n) is 14.2. The SMILES string of the molecule is CC(C)(C)N1CC2CCC(C1)N2C(=O)c1ccc(CC#N)cc1. The number of carbonyl (C=O) groups is 1. The molecule has 2 fully saturated rings. The van der Waals surface area contributed by atoms with E-state index in [2.05, 4.69) is 36.6 Å². The number of nitrogens with zero attached hydrogens (tertiary/aromatic N) is 3. The summed E-state index contributed by atoms with van der Waals surface area (Å²) in [6, 6.07) is 10.3. The number of piperazine rings is 1. The first-order valence-electron chi connectivity index (χ1n) is 8.44. The van der Waals surface area contributed by atoms with Crippen molar-refractivity contribution in [2.24, 2.45) is 0 Å². The van der Waals surface area contributed by atoms with Gasteiger partial charge in [-0.15, -0.1) is 0 Å². The molecule has 122 valence electrons. The molecule has 2 atom stereocenters. The number of fused-ring (bicyclic) bond motifs is 2. The van der Waals surface area contributed by atoms with E-state index in [1.54, 1.807) is 0 Å². The van der Waals surface area contributed by atoms with Gasteiger partial charge in [0.25, 0.3) is 5.91 Å². The van der Waals surface area contributed by atoms with Crippen molar-refractivity contribution in [3.63, 3.8) is 0 Å². The summed E-state index contributed by atoms with van der Waals surface area (Å²) in [5.41, 5.74) is 1.87. The molecule has 4 nitrogen and oxygen atoms in total. The van der Waals surface area contributed by atoms with Gasteiger partial charge < -0.3 is 4.90 Å². The number of hydrogen-bond acceptors (Lipinski definition) is 3. The quantitative estimate of drug-likeness (QED) is 0.844. The number of likely N-dealkylation sites (tertiary alicyclic amines) is 1. The first-order valence-corrected chi connectivity index (χ1v) is 8.44. The number of carbonyl (C=O) groups excluding carboxylic acids is 1. The molecule has 4 heteroatoms. The van der Waals surface area contributed by atoms with E-state index in [9.17, 15) is 4.79 Å². The van der Waals surface area contributed by atoms with Crippen molar-refractivity contribution in [3.05, 3.63) is 35.4 Å². The molecule has 3 rings (SSSR count). The van der Waals surface area contributed by atoms with Crippen molar-refractivity contribution in [2.75, 3.05) is 13.1 Å². The van der Waals surface area contributed by atoms with E-state index in [0.717, 1.165) is 37.1 Å². The molecule has 1 amide bonds. The summed E-state index contributed by atoms with van der Waals surface area (Å²) < 4.78 is 0. The Hall–Kier alpha value is -1.86. The number of rotatable bonds is 2. The maximum absolute atomic E-state index is 12.9. The predicted molar refractivity (Wildman–Crippen MR) is 90.1 cm³/mol. The van der Waals surface area contributed by atoms with Gasteiger partial charge in [0.15, 0.2) is 0 Å². The van der Waals surface area contributed by atoms with Crippen LogP contribution in [-0.4, -0.2) is 46.4 Å². The number of hydrogen-bond donors (Lipinski definition) is 0. The van der Waals surface area contributed by atoms with E-state index in [0.29, 0.717) is 18.5 Å². The highest BCUT2D eigenvalue weighted by atomic mass is 16.2. The van der Waals surface area contributed by atoms with E-state index >= 15 is 0 Å². The van der Waals surface area contributed by atoms with Gasteiger partial charge in [-0.2, -0.15) is 5.26 Å². The third-order valence-corrected chi connectivity index (χ3v) is 5.15. The molecule has 0 aromatic heterocycles. The average molecular weight is 311 g/mol. The molecule has 1 aromatic carbocycles. The average Bonchev–Trinajstić information content (AvgIpc) is 2.76. The summed E-state index contributed by atoms with van der Waals surface area (Å²) in [6.45, 7) is 8.68. The Morgan fingerprint density at radius 2 is 1.74 bits per heavy atom. The lowest BCUT2D eigenvalue weighted by atomic mass is 10.0. The van der Waals surface area contributed by atoms with Crippen LogP contribution in [0.5, 0.6) is 0 Å². The topological polar surface area (TPSA) is 47.3 Å². The van der Waals surface area contributed by atoms with Crippen LogP contribution >= 0.6 is 0 Å². The normalized spacial score (nSPS) is 24.5. The minimum absolute atomic E-state index is 0.148. The van der Waals surface area contributed by atoms with Gasteiger partial charge in [0.05, 0.1) is 12.5 Å². The zero-order valence-corrected chi connectivity index (χ0v) is 14.2. The first kappa shape index (κ1) is 16.0. The minimum Gasteiger partial charge on any atom is -0.330 e. The van der Waals surface area contributed by atoms with Gasteiger partial charge in [-0.3, -0.25) is 9.69 Å². The smallest absolute Gasteiger partial charge is 0.254 e. The van der Waals surface area contributed by atoms with E-state index < -0.39 is 0 Å². The molecule has 0 aliphatic carbocycles. The first-order chi connectivity index (χ1) is 10.9. The third-order valence-electron chi connectivity index (χ3n) is 5.15. The van der Waals surface area contributed by atoms with Crippen LogP contribution in [0.15, 0.2) is 24.3 Å². The highest BCUT2D eigenvalue weighted by molar-refractivity contribution is 5.95. The van der Waals surface area contributed by atoms with Crippen LogP contribution in [0.2, 0.25) is 0 Å². The molecule has 0 radical (unpaired) electrons. The fourth-order valence-electron chi connectivity index (χ4n) is 3.79. The molecule has 0 spiro atoms. The maximum Gasteiger partial charge on any atom is 0.254 e. The maximum atomic E-state index is 12.9. The number of amides is 1. The molecule has 0 saturated carbocycles. The summed E-state index contributed by atoms with van der Waals surface area (Å²) in [5, 5.41) is 8.74. The predicted octanol–water partition coefficient (Wildman–Crippen LogP) is 2.84. The highest BCUT2D eigenvalue weighted by Gasteiger charge is 2.44. The van der Waals surface area contributed by atoms with Crippen molar-refractivity contribution in [1.82, 2.24) is 9.80 Å². The Labute approximate surface area is 138 Å². The number of nitriles is 1. The minimum atomic E-state index is 0.148. The van der Waals surface area contributed by atoms with Crippen LogP contribution in [0.25, 0.3) is 0 Å². The summed E-state index contributed by atoms with van der Waals surface area (Å²) in [5.74, 6) is 0.148. The van der Waals surface area contributed by atoms with E-state index in [1.165, 1.54) is 0 Å². The fraction of sp³-hybridized carbons (Fsp3) is 0.579. The lowest BCUT2D eigenvalue weighted by molar-refractivity contribution is 0.0153. The highest BCUT2D eigenvalue weighted by Crippen LogP contribution is 2.34. The van der Waals surface area contributed by atoms with Gasteiger partial charge in [0.2, 0.25) is 0 Å². The zero-order chi connectivity index (χ0) is 16.6. The largest absolute Gasteiger partial charge is 0.330 e. The molecular formula is C19H25N3O. The number of benzene rings is 1. The summed E-state index contributed by atoms with van der Waals surface area (Å²) in [4.78, 5) is 17.6. The van der Waals surface area contributed by atoms with E-state index in [-0.39, 0.29) is 11.4 Å². The molecule has 2 aliphatic rings. The lowest BCUT2D eigenvalue weighted by Gasteiger charge is -2.46. The van der Waals surface area contributed by atoms with E-state index in [1.807, 2.05) is 24.3 Å². The second kappa shape index (κ2) is 5.98. The Morgan fingerprint density at radius 3 is 2.22 bits per heavy atom. The van der Waals surface area contributed by atoms with Gasteiger partial charge >= 0.3 is 0 Å². The fourth-order valence-corrected chi connectivity index (χ4v) is 3.79. The molecule has 23 heavy (non-hydrogen) atoms. The lowest BCUT2D eigenvalue weighted by Crippen LogP contribution is -2.60. The standard InChI is InChI=1S/C19H25N3O/c1-19(2,3)21-12-16-8-9-17(13-21)22(16)18(23)15-6-4-14(5-7-15)10-11-20/h4-7,16-17H,8-10,12-13H2,1-3H3. The van der Waals surface area contributed by atoms with Crippen LogP contribution in [0.1, 0.15) is 49.5 Å². The third kappa shape index (κ3) is 3.11. The van der Waals surface area contributed by atoms with Crippen molar-refractivity contribution in [1.29, 1.82) is 5.26 Å². The van der Waals surface area contributed by atoms with E-state index in [4.69, 9.17) is 5.26 Å². The summed E-state index contributed by atoms with van der Waals surface area (Å²) >= 11 is 0. The van der Waals surface area contributed by atoms with Crippen LogP contribution < -0.4 is 0 Å². The van der Waals surface area contributed by atoms with Crippen LogP contribution in [-0.2, 0) is 6.42 Å². The second-order valence-electron chi connectivity index (χ2n) is 7.71. The van der Waals surface area contributed by atoms with Crippen molar-refractivity contribution in [2.45, 2.75) is 57.7 Å². The van der Waals surface area contributed by atoms with Crippen molar-refractivity contribution in [3.8, 4) is 6.07 Å². The second-order valence-corrected chi connectivity index (χ2v) is 7.71. The van der Waals surface area contributed by atoms with Crippen LogP contribution in [0, 0.1) is 11.3 Å². The van der Waals surface area contributed by atoms with Gasteiger partial charge in [-0.05, 0) is 51.3 Å². The van der Waals surface area contributed by atoms with Crippen LogP contribution in [0.4, 0.5) is 0 Å². The summed E-state index contributed by atoms with van der Waals surface area (Å²) in [6.07, 6.45) is 2.61. The molecule has 0 N–H and O–H groups in total. The molecule has 2 aliphatic heterocycles. The molecule has 2 saturated heterocycles. The van der Waals surface area contributed by atoms with Gasteiger partial charge in [0.1, 0.15) is 0 Å². The molecule has 2 unspecified atom stereocenters. The molecule has 2 bridgehead atoms. The summed E-state index contributed by atoms with van der Waals surface area (Å²) in [7, 11) is 0. The monoisotopic (exact) mass is 311 g/mol. The van der Waals surface area contributed by atoms with Crippen molar-refractivity contribution < 1.29 is 4.79 Å². The molecule has 1 aromatic rings. The Balaban J connectivity index is 1.75. The Kier molecular flexibility index (Phi) is 4.16. The van der Waals surface area contributed by atoms with Gasteiger partial charge in [0, 0.05) is 36.3 Å². The molecular weight excluding hydrogens is 286 g/mol.